The van der Waals surface area contributed by atoms with Crippen LogP contribution < -0.4 is 5.32 Å². The summed E-state index contributed by atoms with van der Waals surface area (Å²) in [4.78, 5) is 2.71. The van der Waals surface area contributed by atoms with Crippen LogP contribution in [0.5, 0.6) is 0 Å². The number of aliphatic hydroxyl groups excluding tert-OH is 1. The van der Waals surface area contributed by atoms with Gasteiger partial charge in [-0.2, -0.15) is 0 Å². The Kier molecular flexibility index (Phi) is 6.97. The van der Waals surface area contributed by atoms with Crippen LogP contribution in [-0.4, -0.2) is 47.8 Å². The first-order valence-corrected chi connectivity index (χ1v) is 9.35. The number of rotatable bonds is 8. The molecule has 2 fully saturated rings. The maximum atomic E-state index is 9.91. The number of hydrogen-bond acceptors (Lipinski definition) is 3. The van der Waals surface area contributed by atoms with Gasteiger partial charge in [-0.1, -0.05) is 39.5 Å². The van der Waals surface area contributed by atoms with Gasteiger partial charge in [0.05, 0.1) is 6.61 Å². The Balaban J connectivity index is 1.87. The maximum absolute atomic E-state index is 9.91. The highest BCUT2D eigenvalue weighted by Crippen LogP contribution is 2.38. The van der Waals surface area contributed by atoms with Crippen molar-refractivity contribution in [3.63, 3.8) is 0 Å². The number of nitrogens with one attached hydrogen (secondary N) is 1. The summed E-state index contributed by atoms with van der Waals surface area (Å²) in [5.74, 6) is 0.653. The topological polar surface area (TPSA) is 35.5 Å². The first-order chi connectivity index (χ1) is 10.3. The van der Waals surface area contributed by atoms with E-state index in [1.54, 1.807) is 0 Å². The smallest absolute Gasteiger partial charge is 0.0616 e. The second-order valence-electron chi connectivity index (χ2n) is 7.14. The zero-order valence-corrected chi connectivity index (χ0v) is 14.2. The Morgan fingerprint density at radius 2 is 1.86 bits per heavy atom. The predicted molar refractivity (Wildman–Crippen MR) is 89.6 cm³/mol. The third-order valence-electron chi connectivity index (χ3n) is 6.03. The minimum absolute atomic E-state index is 0.0146. The SMILES string of the molecule is CCNC1(CO)CCCC1CCN(CC)C1CCCCC1. The first kappa shape index (κ1) is 17.2. The van der Waals surface area contributed by atoms with E-state index in [1.807, 2.05) is 0 Å². The molecule has 0 radical (unpaired) electrons. The van der Waals surface area contributed by atoms with E-state index in [4.69, 9.17) is 0 Å². The van der Waals surface area contributed by atoms with Gasteiger partial charge in [-0.25, -0.2) is 0 Å². The molecule has 0 amide bonds. The summed E-state index contributed by atoms with van der Waals surface area (Å²) in [6.07, 6.45) is 12.0. The zero-order chi connectivity index (χ0) is 15.1. The Labute approximate surface area is 131 Å². The van der Waals surface area contributed by atoms with Gasteiger partial charge in [0, 0.05) is 11.6 Å². The molecule has 0 aromatic rings. The van der Waals surface area contributed by atoms with E-state index < -0.39 is 0 Å². The lowest BCUT2D eigenvalue weighted by Crippen LogP contribution is -2.52. The van der Waals surface area contributed by atoms with Crippen molar-refractivity contribution < 1.29 is 5.11 Å². The van der Waals surface area contributed by atoms with Crippen LogP contribution in [0.3, 0.4) is 0 Å². The molecule has 0 aromatic carbocycles. The molecule has 0 aromatic heterocycles. The molecule has 2 aliphatic rings. The third kappa shape index (κ3) is 4.20. The molecule has 2 unspecified atom stereocenters. The molecular formula is C18H36N2O. The minimum atomic E-state index is 0.0146. The van der Waals surface area contributed by atoms with Gasteiger partial charge in [0.25, 0.3) is 0 Å². The van der Waals surface area contributed by atoms with E-state index in [0.29, 0.717) is 12.5 Å². The molecule has 0 bridgehead atoms. The second-order valence-corrected chi connectivity index (χ2v) is 7.14. The number of hydrogen-bond donors (Lipinski definition) is 2. The quantitative estimate of drug-likeness (QED) is 0.722. The van der Waals surface area contributed by atoms with Gasteiger partial charge in [0.15, 0.2) is 0 Å². The lowest BCUT2D eigenvalue weighted by atomic mass is 9.84. The molecule has 2 N–H and O–H groups in total. The van der Waals surface area contributed by atoms with Crippen molar-refractivity contribution in [2.24, 2.45) is 5.92 Å². The van der Waals surface area contributed by atoms with Crippen molar-refractivity contribution in [3.05, 3.63) is 0 Å². The van der Waals surface area contributed by atoms with Crippen molar-refractivity contribution in [3.8, 4) is 0 Å². The molecule has 2 aliphatic carbocycles. The molecule has 2 atom stereocenters. The fraction of sp³-hybridized carbons (Fsp3) is 1.00. The van der Waals surface area contributed by atoms with Gasteiger partial charge in [0.1, 0.15) is 0 Å². The number of aliphatic hydroxyl groups is 1. The second kappa shape index (κ2) is 8.50. The molecule has 21 heavy (non-hydrogen) atoms. The lowest BCUT2D eigenvalue weighted by Gasteiger charge is -2.38. The van der Waals surface area contributed by atoms with Crippen LogP contribution in [0.4, 0.5) is 0 Å². The first-order valence-electron chi connectivity index (χ1n) is 9.35. The summed E-state index contributed by atoms with van der Waals surface area (Å²) in [6.45, 7) is 8.15. The Morgan fingerprint density at radius 3 is 2.48 bits per heavy atom. The highest BCUT2D eigenvalue weighted by molar-refractivity contribution is 4.99. The molecular weight excluding hydrogens is 260 g/mol. The van der Waals surface area contributed by atoms with Gasteiger partial charge in [-0.3, -0.25) is 0 Å². The molecule has 2 rings (SSSR count). The van der Waals surface area contributed by atoms with E-state index in [9.17, 15) is 5.11 Å². The van der Waals surface area contributed by atoms with E-state index >= 15 is 0 Å². The average molecular weight is 296 g/mol. The third-order valence-corrected chi connectivity index (χ3v) is 6.03. The highest BCUT2D eigenvalue weighted by Gasteiger charge is 2.41. The molecule has 0 saturated heterocycles. The molecule has 2 saturated carbocycles. The molecule has 0 aliphatic heterocycles. The van der Waals surface area contributed by atoms with Crippen LogP contribution in [0.1, 0.15) is 71.6 Å². The molecule has 0 spiro atoms. The number of nitrogens with zero attached hydrogens (tertiary/aromatic N) is 1. The van der Waals surface area contributed by atoms with Crippen LogP contribution in [0, 0.1) is 5.92 Å². The van der Waals surface area contributed by atoms with Crippen molar-refractivity contribution in [2.75, 3.05) is 26.2 Å². The molecule has 3 heteroatoms. The van der Waals surface area contributed by atoms with Gasteiger partial charge < -0.3 is 15.3 Å². The van der Waals surface area contributed by atoms with Crippen LogP contribution in [-0.2, 0) is 0 Å². The van der Waals surface area contributed by atoms with E-state index in [-0.39, 0.29) is 5.54 Å². The van der Waals surface area contributed by atoms with Crippen molar-refractivity contribution in [1.29, 1.82) is 0 Å². The van der Waals surface area contributed by atoms with Crippen molar-refractivity contribution in [2.45, 2.75) is 83.2 Å². The normalized spacial score (nSPS) is 31.1. The van der Waals surface area contributed by atoms with Crippen LogP contribution >= 0.6 is 0 Å². The molecule has 124 valence electrons. The standard InChI is InChI=1S/C18H36N2O/c1-3-19-18(15-21)13-8-9-16(18)12-14-20(4-2)17-10-6-5-7-11-17/h16-17,19,21H,3-15H2,1-2H3. The fourth-order valence-electron chi connectivity index (χ4n) is 4.78. The van der Waals surface area contributed by atoms with E-state index in [0.717, 1.165) is 19.0 Å². The summed E-state index contributed by atoms with van der Waals surface area (Å²) in [7, 11) is 0. The van der Waals surface area contributed by atoms with Gasteiger partial charge >= 0.3 is 0 Å². The van der Waals surface area contributed by atoms with Crippen molar-refractivity contribution >= 4 is 0 Å². The Morgan fingerprint density at radius 1 is 1.10 bits per heavy atom. The highest BCUT2D eigenvalue weighted by atomic mass is 16.3. The predicted octanol–water partition coefficient (Wildman–Crippen LogP) is 3.17. The van der Waals surface area contributed by atoms with Gasteiger partial charge in [0.2, 0.25) is 0 Å². The number of likely N-dealkylation sites (N-methyl/N-ethyl adjacent to an activating group) is 1. The molecule has 0 heterocycles. The molecule has 3 nitrogen and oxygen atoms in total. The van der Waals surface area contributed by atoms with Crippen molar-refractivity contribution in [1.82, 2.24) is 10.2 Å². The van der Waals surface area contributed by atoms with Gasteiger partial charge in [-0.05, 0) is 57.7 Å². The summed E-state index contributed by atoms with van der Waals surface area (Å²) < 4.78 is 0. The monoisotopic (exact) mass is 296 g/mol. The minimum Gasteiger partial charge on any atom is -0.394 e. The van der Waals surface area contributed by atoms with Gasteiger partial charge in [-0.15, -0.1) is 0 Å². The van der Waals surface area contributed by atoms with Crippen LogP contribution in [0.25, 0.3) is 0 Å². The average Bonchev–Trinajstić information content (AvgIpc) is 2.93. The summed E-state index contributed by atoms with van der Waals surface area (Å²) in [6, 6.07) is 0.827. The van der Waals surface area contributed by atoms with Crippen LogP contribution in [0.2, 0.25) is 0 Å². The summed E-state index contributed by atoms with van der Waals surface area (Å²) in [5, 5.41) is 13.5. The van der Waals surface area contributed by atoms with E-state index in [1.165, 1.54) is 64.5 Å². The Bertz CT molecular complexity index is 291. The largest absolute Gasteiger partial charge is 0.394 e. The van der Waals surface area contributed by atoms with E-state index in [2.05, 4.69) is 24.1 Å². The zero-order valence-electron chi connectivity index (χ0n) is 14.2. The summed E-state index contributed by atoms with van der Waals surface area (Å²) in [5.41, 5.74) is 0.0146. The van der Waals surface area contributed by atoms with Crippen LogP contribution in [0.15, 0.2) is 0 Å². The lowest BCUT2D eigenvalue weighted by molar-refractivity contribution is 0.100. The Hall–Kier alpha value is -0.120. The summed E-state index contributed by atoms with van der Waals surface area (Å²) >= 11 is 0. The maximum Gasteiger partial charge on any atom is 0.0616 e. The fourth-order valence-corrected chi connectivity index (χ4v) is 4.78.